The molecule has 1 aliphatic rings. The van der Waals surface area contributed by atoms with E-state index in [1.54, 1.807) is 25.1 Å². The lowest BCUT2D eigenvalue weighted by atomic mass is 9.72. The van der Waals surface area contributed by atoms with Crippen molar-refractivity contribution < 1.29 is 19.4 Å². The third kappa shape index (κ3) is 6.18. The van der Waals surface area contributed by atoms with Crippen LogP contribution in [0.15, 0.2) is 59.8 Å². The molecule has 8 nitrogen and oxygen atoms in total. The molecule has 214 valence electrons. The quantitative estimate of drug-likeness (QED) is 0.172. The van der Waals surface area contributed by atoms with E-state index >= 15 is 0 Å². The summed E-state index contributed by atoms with van der Waals surface area (Å²) in [7, 11) is 0. The lowest BCUT2D eigenvalue weighted by Crippen LogP contribution is -2.26. The largest absolute Gasteiger partial charge is 0.507 e. The third-order valence-corrected chi connectivity index (χ3v) is 9.45. The van der Waals surface area contributed by atoms with Crippen LogP contribution in [-0.4, -0.2) is 44.1 Å². The van der Waals surface area contributed by atoms with Crippen molar-refractivity contribution >= 4 is 40.0 Å². The zero-order valence-corrected chi connectivity index (χ0v) is 25.3. The Bertz CT molecular complexity index is 1560. The van der Waals surface area contributed by atoms with Gasteiger partial charge in [0.15, 0.2) is 11.0 Å². The van der Waals surface area contributed by atoms with Gasteiger partial charge in [0.05, 0.1) is 23.5 Å². The van der Waals surface area contributed by atoms with Gasteiger partial charge in [-0.15, -0.1) is 21.5 Å². The minimum atomic E-state index is -0.390. The maximum atomic E-state index is 13.3. The van der Waals surface area contributed by atoms with Crippen molar-refractivity contribution in [3.8, 4) is 22.8 Å². The molecule has 10 heteroatoms. The number of ether oxygens (including phenoxy) is 1. The molecule has 2 aromatic carbocycles. The number of phenols is 1. The second-order valence-corrected chi connectivity index (χ2v) is 13.1. The van der Waals surface area contributed by atoms with Crippen LogP contribution >= 0.6 is 23.1 Å². The molecule has 5 rings (SSSR count). The van der Waals surface area contributed by atoms with Gasteiger partial charge in [-0.3, -0.25) is 9.36 Å². The van der Waals surface area contributed by atoms with Crippen molar-refractivity contribution in [3.05, 3.63) is 70.6 Å². The number of hydrogen-bond donors (Lipinski definition) is 2. The lowest BCUT2D eigenvalue weighted by molar-refractivity contribution is -0.113. The van der Waals surface area contributed by atoms with Crippen LogP contribution in [-0.2, 0) is 22.4 Å². The number of para-hydroxylation sites is 2. The maximum Gasteiger partial charge on any atom is 0.341 e. The molecule has 0 unspecified atom stereocenters. The number of carbonyl (C=O) groups excluding carboxylic acids is 2. The number of amides is 1. The molecule has 0 bridgehead atoms. The van der Waals surface area contributed by atoms with Crippen LogP contribution in [0, 0.1) is 11.3 Å². The summed E-state index contributed by atoms with van der Waals surface area (Å²) >= 11 is 2.72. The van der Waals surface area contributed by atoms with Crippen LogP contribution in [0.5, 0.6) is 5.75 Å². The van der Waals surface area contributed by atoms with Gasteiger partial charge in [0, 0.05) is 10.6 Å². The normalized spacial score (nSPS) is 14.9. The zero-order chi connectivity index (χ0) is 29.1. The number of benzene rings is 2. The van der Waals surface area contributed by atoms with Crippen molar-refractivity contribution in [1.82, 2.24) is 14.8 Å². The van der Waals surface area contributed by atoms with E-state index in [9.17, 15) is 14.7 Å². The second kappa shape index (κ2) is 12.1. The predicted molar refractivity (Wildman–Crippen MR) is 163 cm³/mol. The monoisotopic (exact) mass is 590 g/mol. The summed E-state index contributed by atoms with van der Waals surface area (Å²) < 4.78 is 7.21. The number of hydrogen-bond acceptors (Lipinski definition) is 8. The standard InChI is InChI=1S/C31H34N4O4S2/c1-5-39-29(38)26-22-16-15-19(31(2,3)4)17-24(22)41-28(26)32-25(37)18-40-30-34-33-27(21-13-9-10-14-23(21)36)35(30)20-11-7-6-8-12-20/h6-14,19,36H,5,15-18H2,1-4H3,(H,32,37)/t19-/m0/s1. The topological polar surface area (TPSA) is 106 Å². The van der Waals surface area contributed by atoms with E-state index in [1.165, 1.54) is 23.1 Å². The van der Waals surface area contributed by atoms with Crippen LogP contribution in [0.25, 0.3) is 17.1 Å². The molecule has 0 aliphatic heterocycles. The SMILES string of the molecule is CCOC(=O)c1c(NC(=O)CSc2nnc(-c3ccccc3O)n2-c2ccccc2)sc2c1CC[C@H](C(C)(C)C)C2. The minimum absolute atomic E-state index is 0.0567. The molecule has 1 atom stereocenters. The molecule has 0 spiro atoms. The van der Waals surface area contributed by atoms with Crippen molar-refractivity contribution in [2.45, 2.75) is 52.1 Å². The van der Waals surface area contributed by atoms with Crippen molar-refractivity contribution in [1.29, 1.82) is 0 Å². The number of phenolic OH excluding ortho intramolecular Hbond substituents is 1. The Kier molecular flexibility index (Phi) is 8.51. The molecule has 0 saturated heterocycles. The van der Waals surface area contributed by atoms with E-state index in [4.69, 9.17) is 4.74 Å². The number of aromatic nitrogens is 3. The fourth-order valence-corrected chi connectivity index (χ4v) is 7.22. The van der Waals surface area contributed by atoms with Gasteiger partial charge >= 0.3 is 5.97 Å². The van der Waals surface area contributed by atoms with Crippen LogP contribution in [0.4, 0.5) is 5.00 Å². The van der Waals surface area contributed by atoms with Gasteiger partial charge in [0.1, 0.15) is 10.8 Å². The highest BCUT2D eigenvalue weighted by Crippen LogP contribution is 2.44. The highest BCUT2D eigenvalue weighted by molar-refractivity contribution is 7.99. The molecule has 0 fully saturated rings. The average Bonchev–Trinajstić information content (AvgIpc) is 3.53. The Balaban J connectivity index is 1.39. The van der Waals surface area contributed by atoms with Gasteiger partial charge in [-0.2, -0.15) is 0 Å². The number of esters is 1. The maximum absolute atomic E-state index is 13.3. The van der Waals surface area contributed by atoms with E-state index in [1.807, 2.05) is 41.0 Å². The van der Waals surface area contributed by atoms with Gasteiger partial charge in [-0.05, 0) is 67.3 Å². The summed E-state index contributed by atoms with van der Waals surface area (Å²) in [5, 5.41) is 23.2. The van der Waals surface area contributed by atoms with E-state index in [0.717, 1.165) is 35.4 Å². The third-order valence-electron chi connectivity index (χ3n) is 7.35. The number of nitrogens with one attached hydrogen (secondary N) is 1. The summed E-state index contributed by atoms with van der Waals surface area (Å²) in [6, 6.07) is 16.5. The van der Waals surface area contributed by atoms with Gasteiger partial charge < -0.3 is 15.2 Å². The molecule has 1 amide bonds. The van der Waals surface area contributed by atoms with Gasteiger partial charge in [-0.25, -0.2) is 4.79 Å². The van der Waals surface area contributed by atoms with Gasteiger partial charge in [0.2, 0.25) is 5.91 Å². The van der Waals surface area contributed by atoms with Crippen molar-refractivity contribution in [3.63, 3.8) is 0 Å². The fourth-order valence-electron chi connectivity index (χ4n) is 5.14. The van der Waals surface area contributed by atoms with Crippen LogP contribution < -0.4 is 5.32 Å². The predicted octanol–water partition coefficient (Wildman–Crippen LogP) is 6.76. The summed E-state index contributed by atoms with van der Waals surface area (Å²) in [5.74, 6) is 0.484. The number of fused-ring (bicyclic) bond motifs is 1. The number of anilines is 1. The molecule has 2 N–H and O–H groups in total. The highest BCUT2D eigenvalue weighted by atomic mass is 32.2. The van der Waals surface area contributed by atoms with Gasteiger partial charge in [-0.1, -0.05) is 62.9 Å². The first-order chi connectivity index (χ1) is 19.7. The zero-order valence-electron chi connectivity index (χ0n) is 23.6. The Hall–Kier alpha value is -3.63. The van der Waals surface area contributed by atoms with Gasteiger partial charge in [0.25, 0.3) is 0 Å². The smallest absolute Gasteiger partial charge is 0.341 e. The number of rotatable bonds is 8. The molecule has 41 heavy (non-hydrogen) atoms. The number of nitrogens with zero attached hydrogens (tertiary/aromatic N) is 3. The summed E-state index contributed by atoms with van der Waals surface area (Å²) in [6.07, 6.45) is 2.68. The van der Waals surface area contributed by atoms with E-state index in [0.29, 0.717) is 33.0 Å². The van der Waals surface area contributed by atoms with E-state index in [2.05, 4.69) is 36.3 Å². The molecule has 2 heterocycles. The van der Waals surface area contributed by atoms with Crippen LogP contribution in [0.3, 0.4) is 0 Å². The van der Waals surface area contributed by atoms with Crippen LogP contribution in [0.1, 0.15) is 54.9 Å². The van der Waals surface area contributed by atoms with Crippen molar-refractivity contribution in [2.24, 2.45) is 11.3 Å². The van der Waals surface area contributed by atoms with E-state index < -0.39 is 5.97 Å². The molecule has 0 saturated carbocycles. The molecule has 4 aromatic rings. The first-order valence-corrected chi connectivity index (χ1v) is 15.5. The lowest BCUT2D eigenvalue weighted by Gasteiger charge is -2.33. The highest BCUT2D eigenvalue weighted by Gasteiger charge is 2.34. The number of carbonyl (C=O) groups is 2. The molecule has 0 radical (unpaired) electrons. The summed E-state index contributed by atoms with van der Waals surface area (Å²) in [4.78, 5) is 27.4. The number of thioether (sulfide) groups is 1. The van der Waals surface area contributed by atoms with Crippen LogP contribution in [0.2, 0.25) is 0 Å². The average molecular weight is 591 g/mol. The Morgan fingerprint density at radius 3 is 2.56 bits per heavy atom. The fraction of sp³-hybridized carbons (Fsp3) is 0.355. The number of aromatic hydroxyl groups is 1. The van der Waals surface area contributed by atoms with Crippen molar-refractivity contribution in [2.75, 3.05) is 17.7 Å². The van der Waals surface area contributed by atoms with E-state index in [-0.39, 0.29) is 29.4 Å². The Morgan fingerprint density at radius 2 is 1.85 bits per heavy atom. The first-order valence-electron chi connectivity index (χ1n) is 13.7. The first kappa shape index (κ1) is 28.9. The Labute approximate surface area is 248 Å². The minimum Gasteiger partial charge on any atom is -0.507 e. The molecular weight excluding hydrogens is 556 g/mol. The molecule has 2 aromatic heterocycles. The molecule has 1 aliphatic carbocycles. The Morgan fingerprint density at radius 1 is 1.12 bits per heavy atom. The second-order valence-electron chi connectivity index (χ2n) is 11.1. The summed E-state index contributed by atoms with van der Waals surface area (Å²) in [5.41, 5.74) is 3.01. The summed E-state index contributed by atoms with van der Waals surface area (Å²) in [6.45, 7) is 8.81. The number of thiophene rings is 1. The molecular formula is C31H34N4O4S2.